The van der Waals surface area contributed by atoms with E-state index in [0.29, 0.717) is 11.8 Å². The van der Waals surface area contributed by atoms with Crippen molar-refractivity contribution >= 4 is 28.3 Å². The summed E-state index contributed by atoms with van der Waals surface area (Å²) in [6, 6.07) is 8.82. The lowest BCUT2D eigenvalue weighted by molar-refractivity contribution is 0.134. The fraction of sp³-hybridized carbons (Fsp3) is 0.381. The van der Waals surface area contributed by atoms with Gasteiger partial charge in [-0.2, -0.15) is 0 Å². The Hall–Kier alpha value is -2.58. The van der Waals surface area contributed by atoms with Gasteiger partial charge in [-0.25, -0.2) is 14.2 Å². The molecule has 6 nitrogen and oxygen atoms in total. The fourth-order valence-corrected chi connectivity index (χ4v) is 5.16. The fourth-order valence-electron chi connectivity index (χ4n) is 4.61. The Morgan fingerprint density at radius 3 is 3.10 bits per heavy atom. The van der Waals surface area contributed by atoms with Crippen LogP contribution in [-0.2, 0) is 11.3 Å². The highest BCUT2D eigenvalue weighted by atomic mass is 32.1. The van der Waals surface area contributed by atoms with Crippen LogP contribution in [0.5, 0.6) is 0 Å². The maximum atomic E-state index is 13.4. The Morgan fingerprint density at radius 1 is 1.31 bits per heavy atom. The van der Waals surface area contributed by atoms with E-state index in [1.165, 1.54) is 23.5 Å². The molecule has 1 amide bonds. The number of alkyl carbamates (subject to hydrolysis) is 1. The highest BCUT2D eigenvalue weighted by molar-refractivity contribution is 7.07. The summed E-state index contributed by atoms with van der Waals surface area (Å²) in [5.74, 6) is 0.649. The van der Waals surface area contributed by atoms with E-state index in [1.807, 2.05) is 17.5 Å². The first-order chi connectivity index (χ1) is 14.2. The van der Waals surface area contributed by atoms with Crippen molar-refractivity contribution in [1.29, 1.82) is 0 Å². The number of fused-ring (bicyclic) bond motifs is 2. The lowest BCUT2D eigenvalue weighted by Gasteiger charge is -2.19. The van der Waals surface area contributed by atoms with Crippen molar-refractivity contribution in [2.45, 2.75) is 31.5 Å². The Balaban J connectivity index is 1.23. The zero-order valence-corrected chi connectivity index (χ0v) is 16.5. The number of hydrogen-bond donors (Lipinski definition) is 2. The molecule has 1 saturated heterocycles. The van der Waals surface area contributed by atoms with Crippen molar-refractivity contribution in [2.75, 3.05) is 6.54 Å². The van der Waals surface area contributed by atoms with Gasteiger partial charge in [-0.05, 0) is 55.5 Å². The molecule has 1 aliphatic heterocycles. The third-order valence-corrected chi connectivity index (χ3v) is 6.56. The van der Waals surface area contributed by atoms with E-state index in [1.54, 1.807) is 11.6 Å². The van der Waals surface area contributed by atoms with E-state index >= 15 is 0 Å². The second-order valence-corrected chi connectivity index (χ2v) is 8.47. The van der Waals surface area contributed by atoms with Crippen LogP contribution in [0.4, 0.5) is 9.18 Å². The molecule has 150 valence electrons. The highest BCUT2D eigenvalue weighted by Gasteiger charge is 2.44. The molecule has 0 spiro atoms. The third kappa shape index (κ3) is 3.82. The number of thiazole rings is 1. The van der Waals surface area contributed by atoms with Gasteiger partial charge in [0.2, 0.25) is 0 Å². The average molecular weight is 412 g/mol. The number of rotatable bonds is 4. The predicted molar refractivity (Wildman–Crippen MR) is 108 cm³/mol. The van der Waals surface area contributed by atoms with E-state index < -0.39 is 6.09 Å². The van der Waals surface area contributed by atoms with Crippen molar-refractivity contribution in [3.8, 4) is 0 Å². The Bertz CT molecular complexity index is 1030. The maximum Gasteiger partial charge on any atom is 0.407 e. The number of halogens is 1. The van der Waals surface area contributed by atoms with Gasteiger partial charge in [0, 0.05) is 16.8 Å². The number of aromatic nitrogens is 2. The topological polar surface area (TPSA) is 76.1 Å². The van der Waals surface area contributed by atoms with Crippen LogP contribution in [0.25, 0.3) is 10.9 Å². The molecule has 0 bridgehead atoms. The van der Waals surface area contributed by atoms with Gasteiger partial charge in [0.25, 0.3) is 0 Å². The standard InChI is InChI=1S/C21H21FN4O2S/c22-14-2-4-18-12(5-14)1-3-19(26-18)20-17-7-15(6-13(17)8-23-20)25-21(27)28-9-16-10-29-11-24-16/h1-5,10-11,13,15,17,20,23H,6-9H2,(H,25,27)/t13-,15+,17+,20+/m1/s1. The Morgan fingerprint density at radius 2 is 2.24 bits per heavy atom. The van der Waals surface area contributed by atoms with Crippen molar-refractivity contribution in [2.24, 2.45) is 11.8 Å². The first-order valence-corrected chi connectivity index (χ1v) is 10.7. The number of nitrogens with zero attached hydrogens (tertiary/aromatic N) is 2. The van der Waals surface area contributed by atoms with Crippen LogP contribution in [0.15, 0.2) is 41.2 Å². The summed E-state index contributed by atoms with van der Waals surface area (Å²) in [7, 11) is 0. The predicted octanol–water partition coefficient (Wildman–Crippen LogP) is 3.80. The van der Waals surface area contributed by atoms with Crippen molar-refractivity contribution in [3.05, 3.63) is 58.4 Å². The van der Waals surface area contributed by atoms with Crippen LogP contribution in [0.3, 0.4) is 0 Å². The molecule has 0 radical (unpaired) electrons. The first kappa shape index (κ1) is 18.4. The van der Waals surface area contributed by atoms with Crippen LogP contribution in [0.1, 0.15) is 30.3 Å². The van der Waals surface area contributed by atoms with Crippen molar-refractivity contribution in [3.63, 3.8) is 0 Å². The van der Waals surface area contributed by atoms with Crippen LogP contribution in [0.2, 0.25) is 0 Å². The van der Waals surface area contributed by atoms with E-state index in [4.69, 9.17) is 9.72 Å². The number of nitrogens with one attached hydrogen (secondary N) is 2. The first-order valence-electron chi connectivity index (χ1n) is 9.75. The minimum absolute atomic E-state index is 0.104. The molecule has 29 heavy (non-hydrogen) atoms. The summed E-state index contributed by atoms with van der Waals surface area (Å²) in [5.41, 5.74) is 4.26. The number of ether oxygens (including phenoxy) is 1. The Kier molecular flexibility index (Phi) is 4.89. The molecule has 3 aromatic rings. The van der Waals surface area contributed by atoms with Crippen LogP contribution >= 0.6 is 11.3 Å². The quantitative estimate of drug-likeness (QED) is 0.682. The molecule has 2 aromatic heterocycles. The molecule has 1 aliphatic carbocycles. The number of hydrogen-bond acceptors (Lipinski definition) is 6. The largest absolute Gasteiger partial charge is 0.443 e. The van der Waals surface area contributed by atoms with E-state index in [-0.39, 0.29) is 24.5 Å². The molecule has 2 aliphatic rings. The zero-order chi connectivity index (χ0) is 19.8. The molecule has 5 rings (SSSR count). The number of amides is 1. The lowest BCUT2D eigenvalue weighted by Crippen LogP contribution is -2.35. The zero-order valence-electron chi connectivity index (χ0n) is 15.7. The number of pyridine rings is 1. The summed E-state index contributed by atoms with van der Waals surface area (Å²) in [5, 5.41) is 9.26. The molecule has 1 aromatic carbocycles. The summed E-state index contributed by atoms with van der Waals surface area (Å²) in [6.07, 6.45) is 1.43. The lowest BCUT2D eigenvalue weighted by atomic mass is 9.92. The number of carbonyl (C=O) groups is 1. The van der Waals surface area contributed by atoms with Gasteiger partial charge in [0.15, 0.2) is 0 Å². The smallest absolute Gasteiger partial charge is 0.407 e. The van der Waals surface area contributed by atoms with Gasteiger partial charge < -0.3 is 15.4 Å². The minimum Gasteiger partial charge on any atom is -0.443 e. The Labute approximate surface area is 171 Å². The number of benzene rings is 1. The van der Waals surface area contributed by atoms with E-state index in [9.17, 15) is 9.18 Å². The van der Waals surface area contributed by atoms with Gasteiger partial charge in [0.1, 0.15) is 12.4 Å². The van der Waals surface area contributed by atoms with Crippen LogP contribution in [-0.4, -0.2) is 28.6 Å². The molecule has 2 fully saturated rings. The molecule has 1 saturated carbocycles. The SMILES string of the molecule is O=C(N[C@H]1C[C@@H]2CN[C@H](c3ccc4cc(F)ccc4n3)[C@H]2C1)OCc1cscn1. The highest BCUT2D eigenvalue weighted by Crippen LogP contribution is 2.44. The molecule has 2 N–H and O–H groups in total. The molecular weight excluding hydrogens is 391 g/mol. The molecule has 4 atom stereocenters. The molecule has 3 heterocycles. The van der Waals surface area contributed by atoms with Crippen LogP contribution < -0.4 is 10.6 Å². The molecule has 0 unspecified atom stereocenters. The van der Waals surface area contributed by atoms with Gasteiger partial charge >= 0.3 is 6.09 Å². The summed E-state index contributed by atoms with van der Waals surface area (Å²) < 4.78 is 18.7. The normalized spacial score (nSPS) is 25.8. The van der Waals surface area contributed by atoms with Crippen molar-refractivity contribution < 1.29 is 13.9 Å². The molecular formula is C21H21FN4O2S. The maximum absolute atomic E-state index is 13.4. The van der Waals surface area contributed by atoms with Crippen molar-refractivity contribution in [1.82, 2.24) is 20.6 Å². The van der Waals surface area contributed by atoms with E-state index in [2.05, 4.69) is 15.6 Å². The summed E-state index contributed by atoms with van der Waals surface area (Å²) in [4.78, 5) is 21.0. The molecule has 8 heteroatoms. The summed E-state index contributed by atoms with van der Waals surface area (Å²) >= 11 is 1.48. The van der Waals surface area contributed by atoms with Gasteiger partial charge in [-0.3, -0.25) is 4.98 Å². The average Bonchev–Trinajstić information content (AvgIpc) is 3.43. The van der Waals surface area contributed by atoms with Gasteiger partial charge in [-0.1, -0.05) is 6.07 Å². The van der Waals surface area contributed by atoms with Crippen LogP contribution in [0, 0.1) is 17.7 Å². The minimum atomic E-state index is -0.390. The second-order valence-electron chi connectivity index (χ2n) is 7.75. The summed E-state index contributed by atoms with van der Waals surface area (Å²) in [6.45, 7) is 1.10. The monoisotopic (exact) mass is 412 g/mol. The third-order valence-electron chi connectivity index (χ3n) is 5.93. The van der Waals surface area contributed by atoms with E-state index in [0.717, 1.165) is 41.7 Å². The number of carbonyl (C=O) groups excluding carboxylic acids is 1. The van der Waals surface area contributed by atoms with Gasteiger partial charge in [0.05, 0.1) is 28.5 Å². The second kappa shape index (κ2) is 7.68. The van der Waals surface area contributed by atoms with Gasteiger partial charge in [-0.15, -0.1) is 11.3 Å².